The molecule has 5 rings (SSSR count). The summed E-state index contributed by atoms with van der Waals surface area (Å²) in [5, 5.41) is 0. The van der Waals surface area contributed by atoms with Crippen LogP contribution in [0.2, 0.25) is 0 Å². The molecule has 3 saturated carbocycles. The standard InChI is InChI=1S/C32H44O/c1-3-5-7-8-10-26-33-30-17-13-28(14-18-30)27-11-15-29(16-12-27)32-23-20-31(21-24-32,22-25-32)19-9-6-4-2/h8,10-18H,3-7,9,19-26H2,1-2H3/b10-8+. The predicted octanol–water partition coefficient (Wildman–Crippen LogP) is 9.65. The van der Waals surface area contributed by atoms with Gasteiger partial charge in [0.2, 0.25) is 0 Å². The highest BCUT2D eigenvalue weighted by atomic mass is 16.5. The maximum absolute atomic E-state index is 5.86. The molecule has 0 N–H and O–H groups in total. The van der Waals surface area contributed by atoms with Crippen LogP contribution in [0.4, 0.5) is 0 Å². The third kappa shape index (κ3) is 5.92. The van der Waals surface area contributed by atoms with Crippen LogP contribution in [0.1, 0.15) is 103 Å². The van der Waals surface area contributed by atoms with Crippen LogP contribution in [0.3, 0.4) is 0 Å². The number of fused-ring (bicyclic) bond motifs is 3. The highest BCUT2D eigenvalue weighted by Crippen LogP contribution is 2.59. The molecular formula is C32H44O. The summed E-state index contributed by atoms with van der Waals surface area (Å²) in [6.45, 7) is 5.20. The van der Waals surface area contributed by atoms with Gasteiger partial charge in [-0.2, -0.15) is 0 Å². The molecule has 0 heterocycles. The number of rotatable bonds is 12. The fourth-order valence-corrected chi connectivity index (χ4v) is 6.23. The van der Waals surface area contributed by atoms with Crippen LogP contribution in [0.25, 0.3) is 11.1 Å². The van der Waals surface area contributed by atoms with Gasteiger partial charge < -0.3 is 4.74 Å². The Morgan fingerprint density at radius 3 is 1.91 bits per heavy atom. The van der Waals surface area contributed by atoms with Crippen molar-refractivity contribution >= 4 is 0 Å². The minimum Gasteiger partial charge on any atom is -0.490 e. The summed E-state index contributed by atoms with van der Waals surface area (Å²) in [4.78, 5) is 0. The fourth-order valence-electron chi connectivity index (χ4n) is 6.23. The predicted molar refractivity (Wildman–Crippen MR) is 142 cm³/mol. The molecule has 3 aliphatic rings. The Labute approximate surface area is 202 Å². The van der Waals surface area contributed by atoms with Crippen molar-refractivity contribution in [1.29, 1.82) is 0 Å². The lowest BCUT2D eigenvalue weighted by atomic mass is 9.51. The second kappa shape index (κ2) is 11.4. The summed E-state index contributed by atoms with van der Waals surface area (Å²) < 4.78 is 5.86. The van der Waals surface area contributed by atoms with Crippen molar-refractivity contribution in [2.24, 2.45) is 5.41 Å². The van der Waals surface area contributed by atoms with Crippen LogP contribution >= 0.6 is 0 Å². The SMILES string of the molecule is CCCC/C=C/COc1ccc(-c2ccc(C34CCC(CCCCC)(CC3)CC4)cc2)cc1. The molecular weight excluding hydrogens is 400 g/mol. The maximum Gasteiger partial charge on any atom is 0.119 e. The monoisotopic (exact) mass is 444 g/mol. The topological polar surface area (TPSA) is 9.23 Å². The van der Waals surface area contributed by atoms with E-state index >= 15 is 0 Å². The zero-order valence-electron chi connectivity index (χ0n) is 21.1. The molecule has 0 atom stereocenters. The molecule has 2 aromatic rings. The van der Waals surface area contributed by atoms with E-state index in [1.807, 2.05) is 0 Å². The first-order chi connectivity index (χ1) is 16.2. The second-order valence-electron chi connectivity index (χ2n) is 10.8. The zero-order valence-corrected chi connectivity index (χ0v) is 21.1. The Morgan fingerprint density at radius 2 is 1.30 bits per heavy atom. The first kappa shape index (κ1) is 24.1. The molecule has 2 bridgehead atoms. The maximum atomic E-state index is 5.86. The number of unbranched alkanes of at least 4 members (excludes halogenated alkanes) is 4. The lowest BCUT2D eigenvalue weighted by Crippen LogP contribution is -2.44. The van der Waals surface area contributed by atoms with Crippen LogP contribution in [-0.4, -0.2) is 6.61 Å². The minimum absolute atomic E-state index is 0.452. The van der Waals surface area contributed by atoms with Gasteiger partial charge in [0.15, 0.2) is 0 Å². The van der Waals surface area contributed by atoms with Crippen molar-refractivity contribution in [2.75, 3.05) is 6.61 Å². The van der Waals surface area contributed by atoms with Gasteiger partial charge in [0.05, 0.1) is 0 Å². The lowest BCUT2D eigenvalue weighted by Gasteiger charge is -2.54. The van der Waals surface area contributed by atoms with Crippen molar-refractivity contribution in [3.05, 3.63) is 66.2 Å². The molecule has 178 valence electrons. The van der Waals surface area contributed by atoms with Gasteiger partial charge in [-0.3, -0.25) is 0 Å². The third-order valence-corrected chi connectivity index (χ3v) is 8.63. The average Bonchev–Trinajstić information content (AvgIpc) is 2.88. The molecule has 33 heavy (non-hydrogen) atoms. The molecule has 2 aromatic carbocycles. The largest absolute Gasteiger partial charge is 0.490 e. The molecule has 0 unspecified atom stereocenters. The van der Waals surface area contributed by atoms with Gasteiger partial charge in [0.1, 0.15) is 12.4 Å². The highest BCUT2D eigenvalue weighted by Gasteiger charge is 2.48. The van der Waals surface area contributed by atoms with E-state index in [-0.39, 0.29) is 0 Å². The van der Waals surface area contributed by atoms with E-state index in [0.717, 1.165) is 12.2 Å². The van der Waals surface area contributed by atoms with Gasteiger partial charge in [-0.05, 0) is 91.0 Å². The Morgan fingerprint density at radius 1 is 0.697 bits per heavy atom. The zero-order chi connectivity index (χ0) is 23.0. The Hall–Kier alpha value is -2.02. The van der Waals surface area contributed by atoms with Crippen molar-refractivity contribution in [3.8, 4) is 16.9 Å². The van der Waals surface area contributed by atoms with Gasteiger partial charge in [0, 0.05) is 0 Å². The molecule has 0 aliphatic heterocycles. The Balaban J connectivity index is 1.32. The molecule has 0 amide bonds. The number of ether oxygens (including phenoxy) is 1. The normalized spacial score (nSPS) is 24.4. The van der Waals surface area contributed by atoms with E-state index in [4.69, 9.17) is 4.74 Å². The summed E-state index contributed by atoms with van der Waals surface area (Å²) in [6.07, 6.45) is 22.2. The van der Waals surface area contributed by atoms with E-state index in [9.17, 15) is 0 Å². The van der Waals surface area contributed by atoms with Crippen LogP contribution < -0.4 is 4.74 Å². The summed E-state index contributed by atoms with van der Waals surface area (Å²) in [5.74, 6) is 0.946. The van der Waals surface area contributed by atoms with Crippen molar-refractivity contribution in [3.63, 3.8) is 0 Å². The number of hydrogen-bond donors (Lipinski definition) is 0. The first-order valence-corrected chi connectivity index (χ1v) is 13.7. The lowest BCUT2D eigenvalue weighted by molar-refractivity contribution is 0.0305. The fraction of sp³-hybridized carbons (Fsp3) is 0.562. The van der Waals surface area contributed by atoms with Crippen molar-refractivity contribution in [2.45, 2.75) is 103 Å². The van der Waals surface area contributed by atoms with Gasteiger partial charge in [-0.15, -0.1) is 0 Å². The molecule has 0 saturated heterocycles. The molecule has 3 fully saturated rings. The van der Waals surface area contributed by atoms with Crippen LogP contribution in [0.15, 0.2) is 60.7 Å². The van der Waals surface area contributed by atoms with Gasteiger partial charge in [-0.1, -0.05) is 94.5 Å². The van der Waals surface area contributed by atoms with Gasteiger partial charge >= 0.3 is 0 Å². The van der Waals surface area contributed by atoms with Crippen LogP contribution in [0, 0.1) is 5.41 Å². The van der Waals surface area contributed by atoms with E-state index < -0.39 is 0 Å². The summed E-state index contributed by atoms with van der Waals surface area (Å²) in [7, 11) is 0. The van der Waals surface area contributed by atoms with Gasteiger partial charge in [-0.25, -0.2) is 0 Å². The molecule has 0 spiro atoms. The molecule has 3 aliphatic carbocycles. The van der Waals surface area contributed by atoms with Crippen molar-refractivity contribution in [1.82, 2.24) is 0 Å². The average molecular weight is 445 g/mol. The third-order valence-electron chi connectivity index (χ3n) is 8.63. The highest BCUT2D eigenvalue weighted by molar-refractivity contribution is 5.64. The van der Waals surface area contributed by atoms with E-state index in [0.29, 0.717) is 17.4 Å². The number of benzene rings is 2. The van der Waals surface area contributed by atoms with Crippen LogP contribution in [0.5, 0.6) is 5.75 Å². The molecule has 0 aromatic heterocycles. The van der Waals surface area contributed by atoms with E-state index in [2.05, 4.69) is 74.5 Å². The Kier molecular flexibility index (Phi) is 8.34. The first-order valence-electron chi connectivity index (χ1n) is 13.7. The van der Waals surface area contributed by atoms with E-state index in [1.165, 1.54) is 88.2 Å². The quantitative estimate of drug-likeness (QED) is 0.234. The Bertz CT molecular complexity index is 849. The van der Waals surface area contributed by atoms with Gasteiger partial charge in [0.25, 0.3) is 0 Å². The van der Waals surface area contributed by atoms with E-state index in [1.54, 1.807) is 5.56 Å². The van der Waals surface area contributed by atoms with Crippen LogP contribution in [-0.2, 0) is 5.41 Å². The molecule has 1 nitrogen and oxygen atoms in total. The second-order valence-corrected chi connectivity index (χ2v) is 10.8. The minimum atomic E-state index is 0.452. The summed E-state index contributed by atoms with van der Waals surface area (Å²) in [6, 6.07) is 18.1. The smallest absolute Gasteiger partial charge is 0.119 e. The summed E-state index contributed by atoms with van der Waals surface area (Å²) in [5.41, 5.74) is 5.30. The summed E-state index contributed by atoms with van der Waals surface area (Å²) >= 11 is 0. The molecule has 1 heteroatoms. The number of hydrogen-bond acceptors (Lipinski definition) is 1. The number of allylic oxidation sites excluding steroid dienone is 1. The van der Waals surface area contributed by atoms with Crippen molar-refractivity contribution < 1.29 is 4.74 Å². The molecule has 0 radical (unpaired) electrons.